The number of benzene rings is 3. The molecule has 1 unspecified atom stereocenters. The lowest BCUT2D eigenvalue weighted by Gasteiger charge is -2.35. The van der Waals surface area contributed by atoms with Gasteiger partial charge in [0.25, 0.3) is 10.0 Å². The van der Waals surface area contributed by atoms with E-state index in [0.29, 0.717) is 6.54 Å². The fourth-order valence-electron chi connectivity index (χ4n) is 5.91. The van der Waals surface area contributed by atoms with E-state index in [1.54, 1.807) is 60.8 Å². The molecule has 230 valence electrons. The van der Waals surface area contributed by atoms with Gasteiger partial charge in [-0.3, -0.25) is 9.40 Å². The predicted octanol–water partition coefficient (Wildman–Crippen LogP) is 4.66. The van der Waals surface area contributed by atoms with Crippen LogP contribution in [0, 0.1) is 0 Å². The maximum atomic E-state index is 13.0. The summed E-state index contributed by atoms with van der Waals surface area (Å²) in [6.07, 6.45) is 7.57. The molecule has 3 aromatic carbocycles. The number of aromatic hydroxyl groups is 1. The molecule has 46 heavy (non-hydrogen) atoms. The molecule has 0 spiro atoms. The van der Waals surface area contributed by atoms with E-state index in [1.165, 1.54) is 6.20 Å². The van der Waals surface area contributed by atoms with Crippen LogP contribution in [0.4, 0.5) is 11.6 Å². The Labute approximate surface area is 266 Å². The third-order valence-corrected chi connectivity index (χ3v) is 9.85. The van der Waals surface area contributed by atoms with Gasteiger partial charge in [0.15, 0.2) is 0 Å². The van der Waals surface area contributed by atoms with Crippen molar-refractivity contribution < 1.29 is 13.5 Å². The number of sulfonamides is 1. The van der Waals surface area contributed by atoms with Crippen molar-refractivity contribution in [2.75, 3.05) is 22.1 Å². The molecule has 0 fully saturated rings. The topological polar surface area (TPSA) is 112 Å². The average Bonchev–Trinajstić information content (AvgIpc) is 3.50. The lowest BCUT2D eigenvalue weighted by molar-refractivity contribution is 0.476. The molecular formula is C36H32N6O3S. The van der Waals surface area contributed by atoms with Gasteiger partial charge in [-0.2, -0.15) is 0 Å². The molecule has 0 aliphatic carbocycles. The van der Waals surface area contributed by atoms with Gasteiger partial charge < -0.3 is 15.4 Å². The second-order valence-electron chi connectivity index (χ2n) is 11.4. The lowest BCUT2D eigenvalue weighted by Crippen LogP contribution is -2.44. The van der Waals surface area contributed by atoms with E-state index in [4.69, 9.17) is 0 Å². The van der Waals surface area contributed by atoms with Gasteiger partial charge >= 0.3 is 0 Å². The van der Waals surface area contributed by atoms with Crippen molar-refractivity contribution in [3.63, 3.8) is 0 Å². The molecule has 7 rings (SSSR count). The van der Waals surface area contributed by atoms with Crippen LogP contribution in [0.25, 0.3) is 23.1 Å². The van der Waals surface area contributed by atoms with E-state index in [2.05, 4.69) is 74.0 Å². The highest BCUT2D eigenvalue weighted by Gasteiger charge is 2.36. The van der Waals surface area contributed by atoms with Gasteiger partial charge in [-0.25, -0.2) is 18.4 Å². The Kier molecular flexibility index (Phi) is 7.21. The summed E-state index contributed by atoms with van der Waals surface area (Å²) in [4.78, 5) is 8.53. The van der Waals surface area contributed by atoms with Gasteiger partial charge in [-0.15, -0.1) is 0 Å². The molecule has 1 aliphatic rings. The summed E-state index contributed by atoms with van der Waals surface area (Å²) in [5.74, 6) is 1.27. The Balaban J connectivity index is 1.24. The van der Waals surface area contributed by atoms with E-state index >= 15 is 0 Å². The van der Waals surface area contributed by atoms with Crippen LogP contribution in [0.1, 0.15) is 23.6 Å². The second-order valence-corrected chi connectivity index (χ2v) is 13.1. The number of hydrogen-bond donors (Lipinski definition) is 3. The molecule has 6 aromatic rings. The van der Waals surface area contributed by atoms with E-state index in [-0.39, 0.29) is 16.5 Å². The number of nitrogens with zero attached hydrogens (tertiary/aromatic N) is 4. The average molecular weight is 629 g/mol. The number of hydrogen-bond acceptors (Lipinski definition) is 7. The fourth-order valence-corrected chi connectivity index (χ4v) is 6.92. The van der Waals surface area contributed by atoms with Gasteiger partial charge in [-0.05, 0) is 90.4 Å². The van der Waals surface area contributed by atoms with E-state index in [1.807, 2.05) is 30.3 Å². The molecule has 4 heterocycles. The summed E-state index contributed by atoms with van der Waals surface area (Å²) in [6, 6.07) is 31.5. The normalized spacial score (nSPS) is 16.3. The first-order chi connectivity index (χ1) is 22.2. The molecule has 0 amide bonds. The Morgan fingerprint density at radius 3 is 2.24 bits per heavy atom. The van der Waals surface area contributed by atoms with Crippen LogP contribution in [0.5, 0.6) is 5.75 Å². The molecule has 10 heteroatoms. The number of phenols is 1. The molecule has 3 aromatic heterocycles. The van der Waals surface area contributed by atoms with Crippen LogP contribution < -0.4 is 25.6 Å². The fraction of sp³-hybridized carbons (Fsp3) is 0.111. The van der Waals surface area contributed by atoms with Crippen LogP contribution in [0.3, 0.4) is 0 Å². The lowest BCUT2D eigenvalue weighted by atomic mass is 9.90. The number of anilines is 2. The summed E-state index contributed by atoms with van der Waals surface area (Å²) < 4.78 is 30.6. The van der Waals surface area contributed by atoms with Crippen LogP contribution in [0.15, 0.2) is 120 Å². The molecular weight excluding hydrogens is 597 g/mol. The predicted molar refractivity (Wildman–Crippen MR) is 182 cm³/mol. The molecule has 0 saturated carbocycles. The quantitative estimate of drug-likeness (QED) is 0.225. The highest BCUT2D eigenvalue weighted by molar-refractivity contribution is 7.92. The third-order valence-electron chi connectivity index (χ3n) is 8.47. The third kappa shape index (κ3) is 5.33. The Morgan fingerprint density at radius 2 is 1.57 bits per heavy atom. The van der Waals surface area contributed by atoms with Crippen LogP contribution in [-0.2, 0) is 22.1 Å². The monoisotopic (exact) mass is 628 g/mol. The van der Waals surface area contributed by atoms with Gasteiger partial charge in [0, 0.05) is 36.6 Å². The van der Waals surface area contributed by atoms with Gasteiger partial charge in [0.05, 0.1) is 21.3 Å². The van der Waals surface area contributed by atoms with Crippen molar-refractivity contribution >= 4 is 44.7 Å². The molecule has 0 saturated heterocycles. The van der Waals surface area contributed by atoms with Crippen molar-refractivity contribution in [3.05, 3.63) is 143 Å². The number of fused-ring (bicyclic) bond motifs is 3. The molecule has 1 aliphatic heterocycles. The Morgan fingerprint density at radius 1 is 0.870 bits per heavy atom. The maximum absolute atomic E-state index is 13.0. The summed E-state index contributed by atoms with van der Waals surface area (Å²) >= 11 is 0. The second kappa shape index (κ2) is 11.4. The molecule has 0 radical (unpaired) electrons. The number of rotatable bonds is 8. The minimum absolute atomic E-state index is 0.137. The standard InChI is InChI=1S/C36H32N6O3S/c1-36(27-13-9-26(10-14-27)24-39-34-7-3-5-19-37-34)23-33-30(31-22-28(43)15-18-32(31)42(33)41(36)2)21-25-11-16-29(17-12-25)46(44,45)40-35-8-4-6-20-38-35/h3-23,43H,24H2,1-2H3,(H,37,39)(H,38,40)/b30-21-. The van der Waals surface area contributed by atoms with Gasteiger partial charge in [0.2, 0.25) is 0 Å². The van der Waals surface area contributed by atoms with Crippen LogP contribution in [-0.4, -0.2) is 35.2 Å². The zero-order valence-corrected chi connectivity index (χ0v) is 26.1. The highest BCUT2D eigenvalue weighted by atomic mass is 32.2. The van der Waals surface area contributed by atoms with Crippen molar-refractivity contribution in [2.24, 2.45) is 0 Å². The first kappa shape index (κ1) is 29.1. The van der Waals surface area contributed by atoms with Crippen molar-refractivity contribution in [2.45, 2.75) is 23.9 Å². The zero-order valence-electron chi connectivity index (χ0n) is 25.3. The summed E-state index contributed by atoms with van der Waals surface area (Å²) in [5, 5.41) is 18.8. The summed E-state index contributed by atoms with van der Waals surface area (Å²) in [6.45, 7) is 2.85. The number of nitrogens with one attached hydrogen (secondary N) is 2. The number of pyridine rings is 2. The Hall–Kier alpha value is -5.61. The summed E-state index contributed by atoms with van der Waals surface area (Å²) in [5.41, 5.74) is 3.61. The molecule has 1 atom stereocenters. The minimum Gasteiger partial charge on any atom is -0.508 e. The first-order valence-electron chi connectivity index (χ1n) is 14.8. The van der Waals surface area contributed by atoms with Crippen LogP contribution >= 0.6 is 0 Å². The van der Waals surface area contributed by atoms with E-state index in [0.717, 1.165) is 44.0 Å². The molecule has 0 bridgehead atoms. The highest BCUT2D eigenvalue weighted by Crippen LogP contribution is 2.32. The largest absolute Gasteiger partial charge is 0.508 e. The maximum Gasteiger partial charge on any atom is 0.263 e. The van der Waals surface area contributed by atoms with Crippen molar-refractivity contribution in [1.29, 1.82) is 0 Å². The van der Waals surface area contributed by atoms with E-state index < -0.39 is 15.6 Å². The van der Waals surface area contributed by atoms with Crippen molar-refractivity contribution in [1.82, 2.24) is 14.6 Å². The molecule has 3 N–H and O–H groups in total. The van der Waals surface area contributed by atoms with Crippen LogP contribution in [0.2, 0.25) is 0 Å². The Bertz CT molecular complexity index is 2270. The first-order valence-corrected chi connectivity index (χ1v) is 16.3. The molecule has 9 nitrogen and oxygen atoms in total. The zero-order chi connectivity index (χ0) is 31.9. The smallest absolute Gasteiger partial charge is 0.263 e. The van der Waals surface area contributed by atoms with E-state index in [9.17, 15) is 13.5 Å². The number of aromatic nitrogens is 3. The summed E-state index contributed by atoms with van der Waals surface area (Å²) in [7, 11) is -1.74. The van der Waals surface area contributed by atoms with Gasteiger partial charge in [-0.1, -0.05) is 48.5 Å². The number of phenolic OH excluding ortho intramolecular Hbond substituents is 1. The SMILES string of the molecule is CN1n2c(/c(=C\c3ccc(S(=O)(=O)Nc4ccccn4)cc3)c3cc(O)ccc32)=CC1(C)c1ccc(CNc2ccccn2)cc1. The van der Waals surface area contributed by atoms with Crippen molar-refractivity contribution in [3.8, 4) is 5.75 Å². The minimum atomic E-state index is -3.80. The van der Waals surface area contributed by atoms with Gasteiger partial charge in [0.1, 0.15) is 17.4 Å².